The highest BCUT2D eigenvalue weighted by atomic mass is 16.1. The van der Waals surface area contributed by atoms with E-state index in [1.54, 1.807) is 0 Å². The van der Waals surface area contributed by atoms with Crippen molar-refractivity contribution >= 4 is 5.91 Å². The Balaban J connectivity index is 1.90. The van der Waals surface area contributed by atoms with Crippen molar-refractivity contribution in [3.8, 4) is 0 Å². The lowest BCUT2D eigenvalue weighted by atomic mass is 9.98. The van der Waals surface area contributed by atoms with Crippen molar-refractivity contribution in [2.45, 2.75) is 51.6 Å². The van der Waals surface area contributed by atoms with Crippen LogP contribution in [0.1, 0.15) is 49.8 Å². The topological polar surface area (TPSA) is 55.1 Å². The molecule has 0 aliphatic heterocycles. The van der Waals surface area contributed by atoms with Gasteiger partial charge in [0.05, 0.1) is 6.04 Å². The number of hydrogen-bond acceptors (Lipinski definition) is 2. The summed E-state index contributed by atoms with van der Waals surface area (Å²) < 4.78 is 0. The molecule has 1 aliphatic rings. The summed E-state index contributed by atoms with van der Waals surface area (Å²) in [6.07, 6.45) is 3.88. The predicted molar refractivity (Wildman–Crippen MR) is 77.7 cm³/mol. The first kappa shape index (κ1) is 14.1. The zero-order valence-electron chi connectivity index (χ0n) is 11.9. The van der Waals surface area contributed by atoms with Crippen LogP contribution in [0.25, 0.3) is 0 Å². The summed E-state index contributed by atoms with van der Waals surface area (Å²) in [5, 5.41) is 3.09. The third kappa shape index (κ3) is 3.57. The molecule has 0 spiro atoms. The SMILES string of the molecule is Cc1ccccc1C(C)NC(=O)C[C@@H]1CCC[C@H]1N. The first-order valence-electron chi connectivity index (χ1n) is 7.18. The van der Waals surface area contributed by atoms with E-state index in [4.69, 9.17) is 5.73 Å². The summed E-state index contributed by atoms with van der Waals surface area (Å²) in [4.78, 5) is 12.1. The van der Waals surface area contributed by atoms with Crippen LogP contribution in [0.15, 0.2) is 24.3 Å². The second kappa shape index (κ2) is 6.20. The van der Waals surface area contributed by atoms with Crippen molar-refractivity contribution in [2.24, 2.45) is 11.7 Å². The molecule has 104 valence electrons. The largest absolute Gasteiger partial charge is 0.350 e. The maximum Gasteiger partial charge on any atom is 0.220 e. The maximum atomic E-state index is 12.1. The van der Waals surface area contributed by atoms with E-state index < -0.39 is 0 Å². The standard InChI is InChI=1S/C16H24N2O/c1-11-6-3-4-8-14(11)12(2)18-16(19)10-13-7-5-9-15(13)17/h3-4,6,8,12-13,15H,5,7,9-10,17H2,1-2H3,(H,18,19)/t12?,13-,15+/m0/s1. The summed E-state index contributed by atoms with van der Waals surface area (Å²) in [6, 6.07) is 8.45. The van der Waals surface area contributed by atoms with E-state index in [2.05, 4.69) is 24.4 Å². The van der Waals surface area contributed by atoms with E-state index in [-0.39, 0.29) is 18.0 Å². The number of amides is 1. The summed E-state index contributed by atoms with van der Waals surface area (Å²) >= 11 is 0. The van der Waals surface area contributed by atoms with Gasteiger partial charge in [-0.25, -0.2) is 0 Å². The fourth-order valence-electron chi connectivity index (χ4n) is 3.01. The molecule has 19 heavy (non-hydrogen) atoms. The van der Waals surface area contributed by atoms with Gasteiger partial charge < -0.3 is 11.1 Å². The molecule has 2 rings (SSSR count). The van der Waals surface area contributed by atoms with Gasteiger partial charge in [0.25, 0.3) is 0 Å². The number of nitrogens with one attached hydrogen (secondary N) is 1. The number of rotatable bonds is 4. The highest BCUT2D eigenvalue weighted by molar-refractivity contribution is 5.76. The average Bonchev–Trinajstić information content (AvgIpc) is 2.75. The van der Waals surface area contributed by atoms with Gasteiger partial charge in [-0.3, -0.25) is 4.79 Å². The lowest BCUT2D eigenvalue weighted by Gasteiger charge is -2.19. The van der Waals surface area contributed by atoms with Gasteiger partial charge in [0, 0.05) is 12.5 Å². The predicted octanol–water partition coefficient (Wildman–Crippen LogP) is 2.69. The molecule has 3 heteroatoms. The molecule has 0 aromatic heterocycles. The monoisotopic (exact) mass is 260 g/mol. The Morgan fingerprint density at radius 3 is 2.79 bits per heavy atom. The highest BCUT2D eigenvalue weighted by Crippen LogP contribution is 2.27. The van der Waals surface area contributed by atoms with E-state index >= 15 is 0 Å². The van der Waals surface area contributed by atoms with Crippen molar-refractivity contribution in [1.82, 2.24) is 5.32 Å². The lowest BCUT2D eigenvalue weighted by Crippen LogP contribution is -2.33. The van der Waals surface area contributed by atoms with Gasteiger partial charge in [0.15, 0.2) is 0 Å². The van der Waals surface area contributed by atoms with E-state index in [0.29, 0.717) is 12.3 Å². The van der Waals surface area contributed by atoms with Gasteiger partial charge in [0.1, 0.15) is 0 Å². The molecular weight excluding hydrogens is 236 g/mol. The molecule has 1 aromatic carbocycles. The van der Waals surface area contributed by atoms with Crippen LogP contribution < -0.4 is 11.1 Å². The van der Waals surface area contributed by atoms with E-state index in [1.165, 1.54) is 11.1 Å². The van der Waals surface area contributed by atoms with E-state index in [0.717, 1.165) is 19.3 Å². The third-order valence-corrected chi connectivity index (χ3v) is 4.20. The van der Waals surface area contributed by atoms with Crippen molar-refractivity contribution < 1.29 is 4.79 Å². The number of aryl methyl sites for hydroxylation is 1. The fourth-order valence-corrected chi connectivity index (χ4v) is 3.01. The number of benzene rings is 1. The lowest BCUT2D eigenvalue weighted by molar-refractivity contribution is -0.122. The smallest absolute Gasteiger partial charge is 0.220 e. The van der Waals surface area contributed by atoms with Gasteiger partial charge in [-0.05, 0) is 43.7 Å². The Morgan fingerprint density at radius 2 is 2.16 bits per heavy atom. The van der Waals surface area contributed by atoms with Gasteiger partial charge >= 0.3 is 0 Å². The number of hydrogen-bond donors (Lipinski definition) is 2. The molecule has 1 unspecified atom stereocenters. The minimum atomic E-state index is 0.0614. The van der Waals surface area contributed by atoms with Gasteiger partial charge in [0.2, 0.25) is 5.91 Å². The van der Waals surface area contributed by atoms with Crippen LogP contribution in [0.5, 0.6) is 0 Å². The van der Waals surface area contributed by atoms with Crippen LogP contribution in [-0.4, -0.2) is 11.9 Å². The van der Waals surface area contributed by atoms with Crippen LogP contribution in [-0.2, 0) is 4.79 Å². The highest BCUT2D eigenvalue weighted by Gasteiger charge is 2.26. The van der Waals surface area contributed by atoms with Crippen LogP contribution in [0.3, 0.4) is 0 Å². The van der Waals surface area contributed by atoms with Crippen LogP contribution in [0.2, 0.25) is 0 Å². The Hall–Kier alpha value is -1.35. The summed E-state index contributed by atoms with van der Waals surface area (Å²) in [6.45, 7) is 4.11. The number of carbonyl (C=O) groups excluding carboxylic acids is 1. The maximum absolute atomic E-state index is 12.1. The van der Waals surface area contributed by atoms with Gasteiger partial charge in [-0.2, -0.15) is 0 Å². The molecule has 1 saturated carbocycles. The molecule has 0 bridgehead atoms. The second-order valence-electron chi connectivity index (χ2n) is 5.70. The third-order valence-electron chi connectivity index (χ3n) is 4.20. The molecule has 0 saturated heterocycles. The van der Waals surface area contributed by atoms with Gasteiger partial charge in [-0.1, -0.05) is 30.7 Å². The Bertz CT molecular complexity index is 444. The first-order chi connectivity index (χ1) is 9.08. The average molecular weight is 260 g/mol. The minimum Gasteiger partial charge on any atom is -0.350 e. The fraction of sp³-hybridized carbons (Fsp3) is 0.562. The quantitative estimate of drug-likeness (QED) is 0.874. The second-order valence-corrected chi connectivity index (χ2v) is 5.70. The minimum absolute atomic E-state index is 0.0614. The van der Waals surface area contributed by atoms with E-state index in [9.17, 15) is 4.79 Å². The molecule has 0 heterocycles. The molecule has 1 fully saturated rings. The summed E-state index contributed by atoms with van der Waals surface area (Å²) in [7, 11) is 0. The van der Waals surface area contributed by atoms with Gasteiger partial charge in [-0.15, -0.1) is 0 Å². The molecule has 1 aromatic rings. The van der Waals surface area contributed by atoms with Crippen LogP contribution >= 0.6 is 0 Å². The molecule has 3 atom stereocenters. The summed E-state index contributed by atoms with van der Waals surface area (Å²) in [5.41, 5.74) is 8.42. The molecule has 3 nitrogen and oxygen atoms in total. The van der Waals surface area contributed by atoms with Crippen molar-refractivity contribution in [3.05, 3.63) is 35.4 Å². The van der Waals surface area contributed by atoms with Crippen LogP contribution in [0.4, 0.5) is 0 Å². The Labute approximate surface area is 115 Å². The number of carbonyl (C=O) groups is 1. The summed E-state index contributed by atoms with van der Waals surface area (Å²) in [5.74, 6) is 0.488. The number of nitrogens with two attached hydrogens (primary N) is 1. The molecule has 0 radical (unpaired) electrons. The Kier molecular flexibility index (Phi) is 4.59. The molecule has 3 N–H and O–H groups in total. The van der Waals surface area contributed by atoms with E-state index in [1.807, 2.05) is 19.1 Å². The zero-order valence-corrected chi connectivity index (χ0v) is 11.9. The molecular formula is C16H24N2O. The molecule has 1 aliphatic carbocycles. The first-order valence-corrected chi connectivity index (χ1v) is 7.18. The normalized spacial score (nSPS) is 24.2. The molecule has 1 amide bonds. The Morgan fingerprint density at radius 1 is 1.42 bits per heavy atom. The van der Waals surface area contributed by atoms with Crippen molar-refractivity contribution in [1.29, 1.82) is 0 Å². The van der Waals surface area contributed by atoms with Crippen LogP contribution in [0, 0.1) is 12.8 Å². The van der Waals surface area contributed by atoms with Crippen molar-refractivity contribution in [3.63, 3.8) is 0 Å². The zero-order chi connectivity index (χ0) is 13.8. The van der Waals surface area contributed by atoms with Crippen molar-refractivity contribution in [2.75, 3.05) is 0 Å².